The molecule has 2 rings (SSSR count). The third-order valence-electron chi connectivity index (χ3n) is 4.01. The first-order valence-corrected chi connectivity index (χ1v) is 8.24. The molecule has 2 N–H and O–H groups in total. The fraction of sp³-hybridized carbons (Fsp3) is 0.571. The van der Waals surface area contributed by atoms with Gasteiger partial charge in [0.15, 0.2) is 0 Å². The van der Waals surface area contributed by atoms with Crippen molar-refractivity contribution in [3.8, 4) is 5.75 Å². The topological polar surface area (TPSA) is 75.6 Å². The number of sulfonamides is 1. The molecule has 0 aromatic heterocycles. The predicted molar refractivity (Wildman–Crippen MR) is 76.2 cm³/mol. The number of ether oxygens (including phenoxy) is 1. The van der Waals surface area contributed by atoms with Crippen molar-refractivity contribution in [3.63, 3.8) is 0 Å². The zero-order chi connectivity index (χ0) is 14.6. The van der Waals surface area contributed by atoms with Gasteiger partial charge in [-0.1, -0.05) is 12.8 Å². The standard InChI is InChI=1S/C14H21NO4S/c1-19-12-4-6-13(7-5-12)20(17,18)15-10-14(11-16)8-2-3-9-14/h4-7,15-16H,2-3,8-11H2,1H3. The zero-order valence-corrected chi connectivity index (χ0v) is 12.4. The van der Waals surface area contributed by atoms with Crippen LogP contribution in [0.2, 0.25) is 0 Å². The van der Waals surface area contributed by atoms with Crippen LogP contribution in [0.1, 0.15) is 25.7 Å². The number of aliphatic hydroxyl groups excluding tert-OH is 1. The van der Waals surface area contributed by atoms with Crippen LogP contribution in [0.3, 0.4) is 0 Å². The molecule has 0 aliphatic heterocycles. The first kappa shape index (κ1) is 15.3. The van der Waals surface area contributed by atoms with Gasteiger partial charge in [0.25, 0.3) is 0 Å². The van der Waals surface area contributed by atoms with E-state index in [0.717, 1.165) is 25.7 Å². The number of nitrogens with one attached hydrogen (secondary N) is 1. The summed E-state index contributed by atoms with van der Waals surface area (Å²) in [7, 11) is -2.00. The van der Waals surface area contributed by atoms with Crippen molar-refractivity contribution in [2.45, 2.75) is 30.6 Å². The quantitative estimate of drug-likeness (QED) is 0.835. The second kappa shape index (κ2) is 6.11. The molecule has 1 fully saturated rings. The molecule has 1 saturated carbocycles. The maximum atomic E-state index is 12.2. The van der Waals surface area contributed by atoms with Gasteiger partial charge in [0.1, 0.15) is 5.75 Å². The molecular weight excluding hydrogens is 278 g/mol. The summed E-state index contributed by atoms with van der Waals surface area (Å²) >= 11 is 0. The summed E-state index contributed by atoms with van der Waals surface area (Å²) in [6.07, 6.45) is 3.83. The van der Waals surface area contributed by atoms with Gasteiger partial charge in [-0.3, -0.25) is 0 Å². The fourth-order valence-corrected chi connectivity index (χ4v) is 3.76. The Morgan fingerprint density at radius 3 is 2.35 bits per heavy atom. The van der Waals surface area contributed by atoms with Crippen molar-refractivity contribution in [1.82, 2.24) is 4.72 Å². The fourth-order valence-electron chi connectivity index (χ4n) is 2.60. The van der Waals surface area contributed by atoms with Gasteiger partial charge in [0.2, 0.25) is 10.0 Å². The molecule has 0 saturated heterocycles. The van der Waals surface area contributed by atoms with Crippen LogP contribution in [0.5, 0.6) is 5.75 Å². The third kappa shape index (κ3) is 3.31. The summed E-state index contributed by atoms with van der Waals surface area (Å²) in [5.41, 5.74) is -0.292. The molecule has 0 atom stereocenters. The van der Waals surface area contributed by atoms with Crippen molar-refractivity contribution in [2.24, 2.45) is 5.41 Å². The van der Waals surface area contributed by atoms with Crippen LogP contribution in [0.25, 0.3) is 0 Å². The van der Waals surface area contributed by atoms with E-state index in [2.05, 4.69) is 4.72 Å². The Bertz CT molecular complexity index is 533. The molecule has 6 heteroatoms. The Hall–Kier alpha value is -1.11. The van der Waals surface area contributed by atoms with Crippen molar-refractivity contribution < 1.29 is 18.3 Å². The Balaban J connectivity index is 2.06. The highest BCUT2D eigenvalue weighted by atomic mass is 32.2. The second-order valence-corrected chi connectivity index (χ2v) is 7.13. The lowest BCUT2D eigenvalue weighted by atomic mass is 9.88. The summed E-state index contributed by atoms with van der Waals surface area (Å²) in [6, 6.07) is 6.26. The minimum atomic E-state index is -3.54. The lowest BCUT2D eigenvalue weighted by Crippen LogP contribution is -2.38. The molecule has 0 heterocycles. The highest BCUT2D eigenvalue weighted by Gasteiger charge is 2.34. The molecule has 0 spiro atoms. The first-order valence-electron chi connectivity index (χ1n) is 6.76. The van der Waals surface area contributed by atoms with E-state index >= 15 is 0 Å². The number of benzene rings is 1. The van der Waals surface area contributed by atoms with E-state index in [1.165, 1.54) is 19.2 Å². The molecule has 112 valence electrons. The van der Waals surface area contributed by atoms with Gasteiger partial charge in [0, 0.05) is 18.6 Å². The first-order chi connectivity index (χ1) is 9.51. The number of hydrogen-bond acceptors (Lipinski definition) is 4. The van der Waals surface area contributed by atoms with Gasteiger partial charge >= 0.3 is 0 Å². The van der Waals surface area contributed by atoms with E-state index in [9.17, 15) is 13.5 Å². The maximum absolute atomic E-state index is 12.2. The monoisotopic (exact) mass is 299 g/mol. The Kier molecular flexibility index (Phi) is 4.67. The summed E-state index contributed by atoms with van der Waals surface area (Å²) in [5.74, 6) is 0.617. The molecule has 0 unspecified atom stereocenters. The Labute approximate surface area is 120 Å². The van der Waals surface area contributed by atoms with Crippen LogP contribution >= 0.6 is 0 Å². The van der Waals surface area contributed by atoms with Crippen molar-refractivity contribution in [3.05, 3.63) is 24.3 Å². The highest BCUT2D eigenvalue weighted by molar-refractivity contribution is 7.89. The van der Waals surface area contributed by atoms with Gasteiger partial charge in [0.05, 0.1) is 12.0 Å². The van der Waals surface area contributed by atoms with Crippen molar-refractivity contribution in [2.75, 3.05) is 20.3 Å². The average Bonchev–Trinajstić information content (AvgIpc) is 2.95. The number of rotatable bonds is 6. The lowest BCUT2D eigenvalue weighted by molar-refractivity contribution is 0.134. The largest absolute Gasteiger partial charge is 0.497 e. The van der Waals surface area contributed by atoms with E-state index in [0.29, 0.717) is 5.75 Å². The van der Waals surface area contributed by atoms with Crippen LogP contribution in [0.15, 0.2) is 29.2 Å². The summed E-state index contributed by atoms with van der Waals surface area (Å²) in [6.45, 7) is 0.315. The van der Waals surface area contributed by atoms with Crippen molar-refractivity contribution >= 4 is 10.0 Å². The Morgan fingerprint density at radius 1 is 1.25 bits per heavy atom. The van der Waals surface area contributed by atoms with E-state index in [1.807, 2.05) is 0 Å². The van der Waals surface area contributed by atoms with E-state index in [1.54, 1.807) is 12.1 Å². The molecule has 5 nitrogen and oxygen atoms in total. The second-order valence-electron chi connectivity index (χ2n) is 5.37. The van der Waals surface area contributed by atoms with Crippen LogP contribution < -0.4 is 9.46 Å². The molecule has 0 bridgehead atoms. The van der Waals surface area contributed by atoms with Gasteiger partial charge in [-0.15, -0.1) is 0 Å². The molecule has 1 aliphatic rings. The molecule has 1 aromatic carbocycles. The maximum Gasteiger partial charge on any atom is 0.240 e. The van der Waals surface area contributed by atoms with Crippen LogP contribution in [-0.4, -0.2) is 33.8 Å². The van der Waals surface area contributed by atoms with Gasteiger partial charge in [-0.05, 0) is 37.1 Å². The van der Waals surface area contributed by atoms with Crippen LogP contribution in [0, 0.1) is 5.41 Å². The molecule has 0 radical (unpaired) electrons. The normalized spacial score (nSPS) is 18.1. The Morgan fingerprint density at radius 2 is 1.85 bits per heavy atom. The van der Waals surface area contributed by atoms with Crippen molar-refractivity contribution in [1.29, 1.82) is 0 Å². The smallest absolute Gasteiger partial charge is 0.240 e. The molecule has 20 heavy (non-hydrogen) atoms. The van der Waals surface area contributed by atoms with Crippen LogP contribution in [-0.2, 0) is 10.0 Å². The summed E-state index contributed by atoms with van der Waals surface area (Å²) in [4.78, 5) is 0.212. The number of aliphatic hydroxyl groups is 1. The summed E-state index contributed by atoms with van der Waals surface area (Å²) < 4.78 is 32.1. The molecule has 1 aliphatic carbocycles. The summed E-state index contributed by atoms with van der Waals surface area (Å²) in [5, 5.41) is 9.50. The number of hydrogen-bond donors (Lipinski definition) is 2. The zero-order valence-electron chi connectivity index (χ0n) is 11.6. The molecular formula is C14H21NO4S. The molecule has 1 aromatic rings. The minimum absolute atomic E-state index is 0.0259. The number of methoxy groups -OCH3 is 1. The van der Waals surface area contributed by atoms with E-state index in [-0.39, 0.29) is 23.5 Å². The third-order valence-corrected chi connectivity index (χ3v) is 5.42. The van der Waals surface area contributed by atoms with E-state index in [4.69, 9.17) is 4.74 Å². The molecule has 0 amide bonds. The van der Waals surface area contributed by atoms with Gasteiger partial charge in [-0.25, -0.2) is 13.1 Å². The lowest BCUT2D eigenvalue weighted by Gasteiger charge is -2.26. The van der Waals surface area contributed by atoms with E-state index < -0.39 is 10.0 Å². The SMILES string of the molecule is COc1ccc(S(=O)(=O)NCC2(CO)CCCC2)cc1. The highest BCUT2D eigenvalue weighted by Crippen LogP contribution is 2.37. The van der Waals surface area contributed by atoms with Gasteiger partial charge < -0.3 is 9.84 Å². The predicted octanol–water partition coefficient (Wildman–Crippen LogP) is 1.53. The average molecular weight is 299 g/mol. The van der Waals surface area contributed by atoms with Gasteiger partial charge in [-0.2, -0.15) is 0 Å². The minimum Gasteiger partial charge on any atom is -0.497 e. The van der Waals surface area contributed by atoms with Crippen LogP contribution in [0.4, 0.5) is 0 Å².